The highest BCUT2D eigenvalue weighted by atomic mass is 16.5. The molecule has 0 radical (unpaired) electrons. The lowest BCUT2D eigenvalue weighted by atomic mass is 10.0. The molecule has 0 aromatic rings. The Bertz CT molecular complexity index is 85.1. The van der Waals surface area contributed by atoms with E-state index < -0.39 is 0 Å². The van der Waals surface area contributed by atoms with Crippen molar-refractivity contribution < 1.29 is 4.74 Å². The van der Waals surface area contributed by atoms with Crippen LogP contribution in [0.3, 0.4) is 0 Å². The lowest BCUT2D eigenvalue weighted by Gasteiger charge is -2.35. The molecule has 9 heavy (non-hydrogen) atoms. The summed E-state index contributed by atoms with van der Waals surface area (Å²) in [6, 6.07) is 0. The summed E-state index contributed by atoms with van der Waals surface area (Å²) in [5.74, 6) is 0. The van der Waals surface area contributed by atoms with Gasteiger partial charge in [0.25, 0.3) is 0 Å². The summed E-state index contributed by atoms with van der Waals surface area (Å²) < 4.78 is 5.66. The first-order chi connectivity index (χ1) is 4.45. The van der Waals surface area contributed by atoms with Gasteiger partial charge in [0.2, 0.25) is 0 Å². The molecule has 52 valence electrons. The Hall–Kier alpha value is -0.0800. The smallest absolute Gasteiger partial charge is 0.0703 e. The highest BCUT2D eigenvalue weighted by molar-refractivity contribution is 4.79. The minimum Gasteiger partial charge on any atom is -0.372 e. The number of nitrogens with one attached hydrogen (secondary N) is 1. The molecule has 2 aliphatic heterocycles. The molecule has 2 aliphatic rings. The summed E-state index contributed by atoms with van der Waals surface area (Å²) in [7, 11) is 0. The van der Waals surface area contributed by atoms with E-state index in [0.29, 0.717) is 12.2 Å². The van der Waals surface area contributed by atoms with Crippen LogP contribution >= 0.6 is 0 Å². The van der Waals surface area contributed by atoms with Crippen molar-refractivity contribution in [2.24, 2.45) is 0 Å². The molecule has 2 nitrogen and oxygen atoms in total. The van der Waals surface area contributed by atoms with Crippen LogP contribution in [0.4, 0.5) is 0 Å². The van der Waals surface area contributed by atoms with Gasteiger partial charge in [0.15, 0.2) is 0 Å². The third-order valence-corrected chi connectivity index (χ3v) is 2.18. The minimum atomic E-state index is 0.539. The van der Waals surface area contributed by atoms with E-state index in [1.807, 2.05) is 0 Å². The zero-order chi connectivity index (χ0) is 6.10. The van der Waals surface area contributed by atoms with E-state index in [-0.39, 0.29) is 0 Å². The molecule has 2 heteroatoms. The largest absolute Gasteiger partial charge is 0.372 e. The van der Waals surface area contributed by atoms with Crippen LogP contribution in [0.2, 0.25) is 0 Å². The van der Waals surface area contributed by atoms with Gasteiger partial charge in [0.1, 0.15) is 0 Å². The number of ether oxygens (including phenoxy) is 1. The quantitative estimate of drug-likeness (QED) is 0.512. The fraction of sp³-hybridized carbons (Fsp3) is 1.00. The van der Waals surface area contributed by atoms with Crippen LogP contribution in [0.1, 0.15) is 19.3 Å². The summed E-state index contributed by atoms with van der Waals surface area (Å²) in [5.41, 5.74) is 0. The molecule has 2 saturated heterocycles. The van der Waals surface area contributed by atoms with Crippen molar-refractivity contribution >= 4 is 0 Å². The fourth-order valence-electron chi connectivity index (χ4n) is 1.69. The Morgan fingerprint density at radius 3 is 2.33 bits per heavy atom. The highest BCUT2D eigenvalue weighted by Gasteiger charge is 2.25. The molecular weight excluding hydrogens is 114 g/mol. The lowest BCUT2D eigenvalue weighted by Crippen LogP contribution is -2.47. The standard InChI is InChI=1S/C7H13NO/c1-2-6-4-8-5-7(3-1)9-6/h6-8H,1-5H2/t6-,7-/m0/s1. The topological polar surface area (TPSA) is 21.3 Å². The Labute approximate surface area is 55.6 Å². The van der Waals surface area contributed by atoms with Crippen LogP contribution < -0.4 is 5.32 Å². The van der Waals surface area contributed by atoms with Gasteiger partial charge in [-0.25, -0.2) is 0 Å². The molecule has 0 aliphatic carbocycles. The first-order valence-corrected chi connectivity index (χ1v) is 3.81. The maximum absolute atomic E-state index is 5.66. The maximum Gasteiger partial charge on any atom is 0.0703 e. The molecule has 2 atom stereocenters. The van der Waals surface area contributed by atoms with Crippen molar-refractivity contribution in [3.63, 3.8) is 0 Å². The second kappa shape index (κ2) is 2.27. The number of hydrogen-bond acceptors (Lipinski definition) is 2. The average molecular weight is 127 g/mol. The number of morpholine rings is 1. The third kappa shape index (κ3) is 1.10. The minimum absolute atomic E-state index is 0.539. The lowest BCUT2D eigenvalue weighted by molar-refractivity contribution is -0.0705. The Balaban J connectivity index is 1.96. The molecule has 0 unspecified atom stereocenters. The van der Waals surface area contributed by atoms with Gasteiger partial charge in [-0.2, -0.15) is 0 Å². The van der Waals surface area contributed by atoms with Crippen molar-refractivity contribution in [1.29, 1.82) is 0 Å². The van der Waals surface area contributed by atoms with Gasteiger partial charge in [0.05, 0.1) is 12.2 Å². The van der Waals surface area contributed by atoms with E-state index in [1.165, 1.54) is 19.3 Å². The highest BCUT2D eigenvalue weighted by Crippen LogP contribution is 2.20. The Kier molecular flexibility index (Phi) is 1.44. The summed E-state index contributed by atoms with van der Waals surface area (Å²) in [6.45, 7) is 2.16. The second-order valence-electron chi connectivity index (χ2n) is 2.97. The average Bonchev–Trinajstić information content (AvgIpc) is 1.88. The van der Waals surface area contributed by atoms with E-state index in [4.69, 9.17) is 4.74 Å². The molecule has 0 aromatic heterocycles. The first-order valence-electron chi connectivity index (χ1n) is 3.81. The third-order valence-electron chi connectivity index (χ3n) is 2.18. The van der Waals surface area contributed by atoms with Gasteiger partial charge < -0.3 is 10.1 Å². The van der Waals surface area contributed by atoms with Crippen LogP contribution in [0.5, 0.6) is 0 Å². The predicted octanol–water partition coefficient (Wildman–Crippen LogP) is 0.527. The van der Waals surface area contributed by atoms with Crippen molar-refractivity contribution in [2.45, 2.75) is 31.5 Å². The van der Waals surface area contributed by atoms with Crippen LogP contribution in [0, 0.1) is 0 Å². The molecule has 1 N–H and O–H groups in total. The summed E-state index contributed by atoms with van der Waals surface area (Å²) in [5, 5.41) is 3.36. The predicted molar refractivity (Wildman–Crippen MR) is 35.4 cm³/mol. The molecule has 2 heterocycles. The Morgan fingerprint density at radius 2 is 1.78 bits per heavy atom. The van der Waals surface area contributed by atoms with E-state index in [2.05, 4.69) is 5.32 Å². The number of hydrogen-bond donors (Lipinski definition) is 1. The van der Waals surface area contributed by atoms with Gasteiger partial charge in [-0.05, 0) is 19.3 Å². The maximum atomic E-state index is 5.66. The fourth-order valence-corrected chi connectivity index (χ4v) is 1.69. The van der Waals surface area contributed by atoms with Crippen LogP contribution in [0.25, 0.3) is 0 Å². The van der Waals surface area contributed by atoms with Crippen molar-refractivity contribution in [3.05, 3.63) is 0 Å². The van der Waals surface area contributed by atoms with Crippen LogP contribution in [-0.4, -0.2) is 25.3 Å². The van der Waals surface area contributed by atoms with Gasteiger partial charge in [-0.3, -0.25) is 0 Å². The molecule has 0 amide bonds. The monoisotopic (exact) mass is 127 g/mol. The summed E-state index contributed by atoms with van der Waals surface area (Å²) in [6.07, 6.45) is 4.99. The first kappa shape index (κ1) is 5.69. The van der Waals surface area contributed by atoms with Crippen LogP contribution in [-0.2, 0) is 4.74 Å². The van der Waals surface area contributed by atoms with Crippen molar-refractivity contribution in [3.8, 4) is 0 Å². The van der Waals surface area contributed by atoms with E-state index in [0.717, 1.165) is 13.1 Å². The van der Waals surface area contributed by atoms with Gasteiger partial charge in [0, 0.05) is 13.1 Å². The van der Waals surface area contributed by atoms with Crippen LogP contribution in [0.15, 0.2) is 0 Å². The molecule has 0 spiro atoms. The van der Waals surface area contributed by atoms with Gasteiger partial charge >= 0.3 is 0 Å². The van der Waals surface area contributed by atoms with E-state index >= 15 is 0 Å². The van der Waals surface area contributed by atoms with Gasteiger partial charge in [-0.1, -0.05) is 0 Å². The molecule has 2 bridgehead atoms. The molecule has 0 saturated carbocycles. The normalized spacial score (nSPS) is 42.7. The molecular formula is C7H13NO. The van der Waals surface area contributed by atoms with Crippen molar-refractivity contribution in [1.82, 2.24) is 5.32 Å². The zero-order valence-electron chi connectivity index (χ0n) is 5.60. The summed E-state index contributed by atoms with van der Waals surface area (Å²) >= 11 is 0. The SMILES string of the molecule is C1C[C@H]2CNC[C@H](C1)O2. The Morgan fingerprint density at radius 1 is 1.11 bits per heavy atom. The molecule has 2 rings (SSSR count). The number of fused-ring (bicyclic) bond motifs is 2. The molecule has 2 fully saturated rings. The van der Waals surface area contributed by atoms with Crippen molar-refractivity contribution in [2.75, 3.05) is 13.1 Å². The molecule has 0 aromatic carbocycles. The zero-order valence-corrected chi connectivity index (χ0v) is 5.60. The number of rotatable bonds is 0. The van der Waals surface area contributed by atoms with E-state index in [9.17, 15) is 0 Å². The van der Waals surface area contributed by atoms with Gasteiger partial charge in [-0.15, -0.1) is 0 Å². The summed E-state index contributed by atoms with van der Waals surface area (Å²) in [4.78, 5) is 0. The second-order valence-corrected chi connectivity index (χ2v) is 2.97. The van der Waals surface area contributed by atoms with E-state index in [1.54, 1.807) is 0 Å².